The van der Waals surface area contributed by atoms with Gasteiger partial charge in [-0.15, -0.1) is 0 Å². The summed E-state index contributed by atoms with van der Waals surface area (Å²) < 4.78 is 0. The molecule has 1 amide bonds. The summed E-state index contributed by atoms with van der Waals surface area (Å²) in [6.45, 7) is 5.06. The van der Waals surface area contributed by atoms with Gasteiger partial charge in [-0.25, -0.2) is 9.98 Å². The molecule has 0 spiro atoms. The van der Waals surface area contributed by atoms with E-state index < -0.39 is 0 Å². The van der Waals surface area contributed by atoms with Gasteiger partial charge in [0.15, 0.2) is 0 Å². The number of fused-ring (bicyclic) bond motifs is 1. The third-order valence-corrected chi connectivity index (χ3v) is 3.71. The number of H-pyrrole nitrogens is 1. The lowest BCUT2D eigenvalue weighted by molar-refractivity contribution is -0.115. The summed E-state index contributed by atoms with van der Waals surface area (Å²) >= 11 is 6.00. The lowest BCUT2D eigenvalue weighted by Crippen LogP contribution is -2.39. The molecule has 2 N–H and O–H groups in total. The Hall–Kier alpha value is -2.34. The maximum atomic E-state index is 12.1. The molecule has 0 radical (unpaired) electrons. The van der Waals surface area contributed by atoms with Crippen LogP contribution < -0.4 is 5.32 Å². The number of hydrogen-bond acceptors (Lipinski definition) is 4. The molecule has 0 aromatic carbocycles. The van der Waals surface area contributed by atoms with Gasteiger partial charge in [-0.05, 0) is 18.1 Å². The number of amides is 1. The number of aliphatic imine (C=N–C) groups is 1. The van der Waals surface area contributed by atoms with Gasteiger partial charge in [-0.1, -0.05) is 25.4 Å². The van der Waals surface area contributed by atoms with Gasteiger partial charge in [-0.3, -0.25) is 10.1 Å². The summed E-state index contributed by atoms with van der Waals surface area (Å²) in [7, 11) is 1.91. The molecule has 6 nitrogen and oxygen atoms in total. The van der Waals surface area contributed by atoms with Crippen LogP contribution >= 0.6 is 11.6 Å². The van der Waals surface area contributed by atoms with Crippen molar-refractivity contribution < 1.29 is 4.79 Å². The van der Waals surface area contributed by atoms with Crippen molar-refractivity contribution >= 4 is 40.6 Å². The van der Waals surface area contributed by atoms with Gasteiger partial charge in [0.05, 0.1) is 5.02 Å². The molecule has 1 aliphatic rings. The number of carbonyl (C=O) groups excluding carboxylic acids is 1. The van der Waals surface area contributed by atoms with E-state index in [1.165, 1.54) is 0 Å². The van der Waals surface area contributed by atoms with Crippen LogP contribution in [0.4, 0.5) is 0 Å². The molecule has 0 fully saturated rings. The standard InChI is InChI=1S/C16H18ClN5O/c1-9(2)8-22(3)16-20-13(15(23)21-16)4-10-6-18-14-12(10)5-11(17)7-19-14/h4-7,9H,8H2,1-3H3,(H,18,19)(H,20,21,23)/b13-4-. The fourth-order valence-electron chi connectivity index (χ4n) is 2.54. The quantitative estimate of drug-likeness (QED) is 0.849. The molecule has 120 valence electrons. The van der Waals surface area contributed by atoms with Gasteiger partial charge in [-0.2, -0.15) is 0 Å². The fourth-order valence-corrected chi connectivity index (χ4v) is 2.69. The molecule has 0 saturated carbocycles. The Kier molecular flexibility index (Phi) is 4.09. The SMILES string of the molecule is CC(C)CN(C)C1=N/C(=C\c2c[nH]c3ncc(Cl)cc23)C(=O)N1. The number of hydrogen-bond donors (Lipinski definition) is 2. The topological polar surface area (TPSA) is 73.4 Å². The highest BCUT2D eigenvalue weighted by Crippen LogP contribution is 2.23. The number of halogens is 1. The van der Waals surface area contributed by atoms with E-state index in [1.807, 2.05) is 18.0 Å². The van der Waals surface area contributed by atoms with Gasteiger partial charge in [0, 0.05) is 36.9 Å². The number of nitrogens with zero attached hydrogens (tertiary/aromatic N) is 3. The van der Waals surface area contributed by atoms with E-state index in [-0.39, 0.29) is 5.91 Å². The molecule has 0 unspecified atom stereocenters. The zero-order valence-corrected chi connectivity index (χ0v) is 14.0. The number of aromatic nitrogens is 2. The molecule has 1 aliphatic heterocycles. The first-order valence-electron chi connectivity index (χ1n) is 7.39. The zero-order valence-electron chi connectivity index (χ0n) is 13.2. The second-order valence-electron chi connectivity index (χ2n) is 5.99. The number of guanidine groups is 1. The Balaban J connectivity index is 1.93. The predicted molar refractivity (Wildman–Crippen MR) is 92.1 cm³/mol. The van der Waals surface area contributed by atoms with Crippen LogP contribution in [0.3, 0.4) is 0 Å². The van der Waals surface area contributed by atoms with Gasteiger partial charge in [0.25, 0.3) is 5.91 Å². The van der Waals surface area contributed by atoms with E-state index in [0.29, 0.717) is 22.6 Å². The Bertz CT molecular complexity index is 821. The molecule has 7 heteroatoms. The van der Waals surface area contributed by atoms with Crippen molar-refractivity contribution in [1.29, 1.82) is 0 Å². The molecular weight excluding hydrogens is 314 g/mol. The lowest BCUT2D eigenvalue weighted by Gasteiger charge is -2.19. The zero-order chi connectivity index (χ0) is 16.6. The monoisotopic (exact) mass is 331 g/mol. The molecule has 3 rings (SSSR count). The molecule has 2 aromatic rings. The summed E-state index contributed by atoms with van der Waals surface area (Å²) in [5, 5.41) is 4.21. The predicted octanol–water partition coefficient (Wildman–Crippen LogP) is 2.63. The van der Waals surface area contributed by atoms with Crippen molar-refractivity contribution in [3.05, 3.63) is 34.7 Å². The second kappa shape index (κ2) is 6.04. The summed E-state index contributed by atoms with van der Waals surface area (Å²) in [4.78, 5) is 25.7. The average Bonchev–Trinajstić information content (AvgIpc) is 3.03. The summed E-state index contributed by atoms with van der Waals surface area (Å²) in [5.41, 5.74) is 1.92. The number of rotatable bonds is 3. The third-order valence-electron chi connectivity index (χ3n) is 3.51. The summed E-state index contributed by atoms with van der Waals surface area (Å²) in [6.07, 6.45) is 5.11. The van der Waals surface area contributed by atoms with E-state index in [1.54, 1.807) is 18.5 Å². The summed E-state index contributed by atoms with van der Waals surface area (Å²) in [5.74, 6) is 0.848. The highest BCUT2D eigenvalue weighted by atomic mass is 35.5. The van der Waals surface area contributed by atoms with Crippen LogP contribution in [-0.2, 0) is 4.79 Å². The maximum absolute atomic E-state index is 12.1. The van der Waals surface area contributed by atoms with Crippen molar-refractivity contribution in [2.24, 2.45) is 10.9 Å². The Labute approximate surface area is 139 Å². The Morgan fingerprint density at radius 2 is 2.22 bits per heavy atom. The van der Waals surface area contributed by atoms with Crippen molar-refractivity contribution in [3.8, 4) is 0 Å². The fraction of sp³-hybridized carbons (Fsp3) is 0.312. The van der Waals surface area contributed by atoms with E-state index in [9.17, 15) is 4.79 Å². The van der Waals surface area contributed by atoms with Gasteiger partial charge >= 0.3 is 0 Å². The first kappa shape index (κ1) is 15.6. The van der Waals surface area contributed by atoms with Crippen LogP contribution in [0.2, 0.25) is 5.02 Å². The van der Waals surface area contributed by atoms with Crippen molar-refractivity contribution in [3.63, 3.8) is 0 Å². The van der Waals surface area contributed by atoms with Crippen molar-refractivity contribution in [1.82, 2.24) is 20.2 Å². The minimum Gasteiger partial charge on any atom is -0.346 e. The molecular formula is C16H18ClN5O. The molecule has 0 aliphatic carbocycles. The second-order valence-corrected chi connectivity index (χ2v) is 6.42. The van der Waals surface area contributed by atoms with Crippen LogP contribution in [-0.4, -0.2) is 40.3 Å². The minimum atomic E-state index is -0.208. The van der Waals surface area contributed by atoms with Gasteiger partial charge < -0.3 is 9.88 Å². The Morgan fingerprint density at radius 3 is 2.96 bits per heavy atom. The number of pyridine rings is 1. The van der Waals surface area contributed by atoms with E-state index in [0.717, 1.165) is 23.1 Å². The molecule has 23 heavy (non-hydrogen) atoms. The smallest absolute Gasteiger partial charge is 0.276 e. The van der Waals surface area contributed by atoms with E-state index in [4.69, 9.17) is 11.6 Å². The highest BCUT2D eigenvalue weighted by molar-refractivity contribution is 6.31. The molecule has 0 saturated heterocycles. The van der Waals surface area contributed by atoms with Crippen LogP contribution in [0.15, 0.2) is 29.1 Å². The van der Waals surface area contributed by atoms with Gasteiger partial charge in [0.1, 0.15) is 11.3 Å². The van der Waals surface area contributed by atoms with Crippen LogP contribution in [0.5, 0.6) is 0 Å². The highest BCUT2D eigenvalue weighted by Gasteiger charge is 2.23. The number of carbonyl (C=O) groups is 1. The first-order valence-corrected chi connectivity index (χ1v) is 7.77. The lowest BCUT2D eigenvalue weighted by atomic mass is 10.2. The summed E-state index contributed by atoms with van der Waals surface area (Å²) in [6, 6.07) is 1.81. The normalized spacial score (nSPS) is 16.3. The van der Waals surface area contributed by atoms with E-state index in [2.05, 4.69) is 34.1 Å². The van der Waals surface area contributed by atoms with Crippen molar-refractivity contribution in [2.45, 2.75) is 13.8 Å². The first-order chi connectivity index (χ1) is 10.9. The van der Waals surface area contributed by atoms with Gasteiger partial charge in [0.2, 0.25) is 5.96 Å². The van der Waals surface area contributed by atoms with Crippen LogP contribution in [0.25, 0.3) is 17.1 Å². The minimum absolute atomic E-state index is 0.208. The number of nitrogens with one attached hydrogen (secondary N) is 2. The van der Waals surface area contributed by atoms with Crippen LogP contribution in [0, 0.1) is 5.92 Å². The molecule has 0 bridgehead atoms. The number of aromatic amines is 1. The van der Waals surface area contributed by atoms with Crippen molar-refractivity contribution in [2.75, 3.05) is 13.6 Å². The molecule has 2 aromatic heterocycles. The Morgan fingerprint density at radius 1 is 1.43 bits per heavy atom. The largest absolute Gasteiger partial charge is 0.346 e. The van der Waals surface area contributed by atoms with Crippen LogP contribution in [0.1, 0.15) is 19.4 Å². The molecule has 0 atom stereocenters. The van der Waals surface area contributed by atoms with E-state index >= 15 is 0 Å². The third kappa shape index (κ3) is 3.22. The molecule has 3 heterocycles. The average molecular weight is 332 g/mol. The maximum Gasteiger partial charge on any atom is 0.276 e.